The first kappa shape index (κ1) is 46.5. The molecule has 37 heteroatoms. The van der Waals surface area contributed by atoms with Gasteiger partial charge in [-0.25, -0.2) is 42.3 Å². The summed E-state index contributed by atoms with van der Waals surface area (Å²) in [6.45, 7) is -2.12. The molecule has 6 heterocycles. The summed E-state index contributed by atoms with van der Waals surface area (Å²) in [5.41, 5.74) is 10.6. The number of aromatic amines is 1. The molecule has 2 fully saturated rings. The number of phosphoric acid groups is 3. The van der Waals surface area contributed by atoms with Crippen LogP contribution in [0.15, 0.2) is 23.8 Å². The molecule has 13 N–H and O–H groups in total. The summed E-state index contributed by atoms with van der Waals surface area (Å²) in [4.78, 5) is 92.7. The number of aromatic nitrogens is 8. The zero-order chi connectivity index (χ0) is 44.2. The second kappa shape index (κ2) is 17.3. The SMILES string of the molecule is CO[C@@H]1[C@H](OP(=O)(O)OC[C@H]2O[C@@H](n3cnc4c(=O)[nH]c(N)nc43)[C@H](O)[C@@H]2O)C(COP(=O)(O)OP(=O)(O)CCP(=O)(O)OP(=O)(O)O)O[C@H]1n1cnc2c(N)ncnc21. The number of aliphatic hydroxyl groups is 2. The van der Waals surface area contributed by atoms with Crippen molar-refractivity contribution < 1.29 is 98.8 Å². The smallest absolute Gasteiger partial charge is 0.387 e. The second-order valence-electron chi connectivity index (χ2n) is 12.6. The van der Waals surface area contributed by atoms with Crippen LogP contribution in [0, 0.1) is 0 Å². The van der Waals surface area contributed by atoms with Gasteiger partial charge in [-0.1, -0.05) is 0 Å². The Kier molecular flexibility index (Phi) is 13.4. The fourth-order valence-corrected chi connectivity index (χ4v) is 12.7. The second-order valence-corrected chi connectivity index (χ2v) is 21.0. The van der Waals surface area contributed by atoms with E-state index in [1.54, 1.807) is 0 Å². The quantitative estimate of drug-likeness (QED) is 0.0470. The van der Waals surface area contributed by atoms with E-state index in [1.165, 1.54) is 4.57 Å². The van der Waals surface area contributed by atoms with Crippen molar-refractivity contribution in [2.75, 3.05) is 44.1 Å². The molecule has 32 nitrogen and oxygen atoms in total. The van der Waals surface area contributed by atoms with Crippen LogP contribution in [-0.4, -0.2) is 148 Å². The number of H-pyrrole nitrogens is 1. The standard InChI is InChI=1S/C23H35N10O22P5/c1-48-16-15(53-59(44,45)49-4-9-13(34)14(35)21(51-9)33-8-29-12-19(33)30-23(25)31-20(12)36)10(52-22(16)32-7-28-11-17(24)26-6-27-18(11)32)5-50-60(46,47)55-57(39,40)3-2-56(37,38)54-58(41,42)43/h6-10,13-16,21-22,34-35H,2-5H2,1H3,(H,37,38)(H,39,40)(H,44,45)(H,46,47)(H2,24,26,27)(H2,41,42,43)(H3,25,30,31,36)/t9-,10?,13-,14-,15-,16-,21-,22-/m1/s1. The van der Waals surface area contributed by atoms with Gasteiger partial charge in [-0.2, -0.15) is 4.98 Å². The first-order chi connectivity index (χ1) is 27.8. The van der Waals surface area contributed by atoms with Crippen LogP contribution in [0.2, 0.25) is 0 Å². The Hall–Kier alpha value is -2.99. The van der Waals surface area contributed by atoms with Gasteiger partial charge < -0.3 is 65.3 Å². The van der Waals surface area contributed by atoms with Crippen LogP contribution in [0.4, 0.5) is 11.8 Å². The summed E-state index contributed by atoms with van der Waals surface area (Å²) >= 11 is 0. The number of rotatable bonds is 18. The third-order valence-electron chi connectivity index (χ3n) is 8.47. The Labute approximate surface area is 332 Å². The number of imidazole rings is 2. The van der Waals surface area contributed by atoms with Crippen molar-refractivity contribution in [1.29, 1.82) is 0 Å². The van der Waals surface area contributed by atoms with Crippen LogP contribution in [0.3, 0.4) is 0 Å². The van der Waals surface area contributed by atoms with Gasteiger partial charge in [0.05, 0.1) is 38.2 Å². The average molecular weight is 958 g/mol. The predicted octanol–water partition coefficient (Wildman–Crippen LogP) is -2.23. The summed E-state index contributed by atoms with van der Waals surface area (Å²) in [6, 6.07) is 0. The van der Waals surface area contributed by atoms with Gasteiger partial charge in [0.25, 0.3) is 5.56 Å². The lowest BCUT2D eigenvalue weighted by atomic mass is 10.1. The minimum absolute atomic E-state index is 0.0354. The van der Waals surface area contributed by atoms with Crippen LogP contribution in [0.1, 0.15) is 12.5 Å². The molecule has 0 spiro atoms. The van der Waals surface area contributed by atoms with Crippen molar-refractivity contribution in [1.82, 2.24) is 39.0 Å². The lowest BCUT2D eigenvalue weighted by molar-refractivity contribution is -0.0581. The average Bonchev–Trinajstić information content (AvgIpc) is 3.89. The van der Waals surface area contributed by atoms with Crippen molar-refractivity contribution in [2.24, 2.45) is 0 Å². The van der Waals surface area contributed by atoms with E-state index in [1.807, 2.05) is 0 Å². The van der Waals surface area contributed by atoms with Crippen molar-refractivity contribution in [2.45, 2.75) is 49.1 Å². The van der Waals surface area contributed by atoms with Crippen molar-refractivity contribution in [3.05, 3.63) is 29.3 Å². The molecule has 2 aliphatic heterocycles. The van der Waals surface area contributed by atoms with Crippen LogP contribution in [-0.2, 0) is 59.2 Å². The number of methoxy groups -OCH3 is 1. The van der Waals surface area contributed by atoms with Crippen molar-refractivity contribution in [3.8, 4) is 0 Å². The molecule has 0 radical (unpaired) electrons. The molecule has 12 atom stereocenters. The van der Waals surface area contributed by atoms with E-state index < -0.39 is 119 Å². The van der Waals surface area contributed by atoms with Crippen LogP contribution in [0.25, 0.3) is 22.3 Å². The Morgan fingerprint density at radius 2 is 1.33 bits per heavy atom. The fraction of sp³-hybridized carbons (Fsp3) is 0.565. The first-order valence-electron chi connectivity index (χ1n) is 16.4. The largest absolute Gasteiger partial charge is 0.479 e. The molecule has 2 aliphatic rings. The third kappa shape index (κ3) is 10.6. The predicted molar refractivity (Wildman–Crippen MR) is 193 cm³/mol. The van der Waals surface area contributed by atoms with E-state index in [-0.39, 0.29) is 34.1 Å². The van der Waals surface area contributed by atoms with Gasteiger partial charge in [0, 0.05) is 7.11 Å². The molecule has 4 aromatic rings. The molecule has 60 heavy (non-hydrogen) atoms. The maximum Gasteiger partial charge on any atom is 0.479 e. The van der Waals surface area contributed by atoms with E-state index in [0.29, 0.717) is 0 Å². The van der Waals surface area contributed by atoms with Crippen LogP contribution >= 0.6 is 38.7 Å². The highest BCUT2D eigenvalue weighted by molar-refractivity contribution is 7.66. The van der Waals surface area contributed by atoms with E-state index in [4.69, 9.17) is 49.0 Å². The molecular formula is C23H35N10O22P5. The molecule has 334 valence electrons. The molecule has 0 aromatic carbocycles. The lowest BCUT2D eigenvalue weighted by Gasteiger charge is -2.26. The Morgan fingerprint density at radius 1 is 0.750 bits per heavy atom. The van der Waals surface area contributed by atoms with Gasteiger partial charge in [-0.05, 0) is 0 Å². The highest BCUT2D eigenvalue weighted by atomic mass is 31.3. The number of anilines is 2. The van der Waals surface area contributed by atoms with E-state index >= 15 is 0 Å². The number of nitrogens with one attached hydrogen (secondary N) is 1. The summed E-state index contributed by atoms with van der Waals surface area (Å²) < 4.78 is 104. The zero-order valence-electron chi connectivity index (χ0n) is 30.0. The number of nitrogens with two attached hydrogens (primary N) is 2. The number of nitrogens with zero attached hydrogens (tertiary/aromatic N) is 7. The fourth-order valence-electron chi connectivity index (χ4n) is 5.93. The summed E-state index contributed by atoms with van der Waals surface area (Å²) in [5, 5.41) is 21.5. The normalized spacial score (nSPS) is 29.0. The molecule has 0 saturated carbocycles. The van der Waals surface area contributed by atoms with E-state index in [2.05, 4.69) is 38.5 Å². The number of nitrogen functional groups attached to an aromatic ring is 2. The summed E-state index contributed by atoms with van der Waals surface area (Å²) in [6.07, 6.45) is -12.6. The van der Waals surface area contributed by atoms with Gasteiger partial charge in [0.15, 0.2) is 35.1 Å². The monoisotopic (exact) mass is 958 g/mol. The number of ether oxygens (including phenoxy) is 3. The number of hydrogen-bond donors (Lipinski definition) is 11. The van der Waals surface area contributed by atoms with Crippen LogP contribution < -0.4 is 17.0 Å². The highest BCUT2D eigenvalue weighted by Crippen LogP contribution is 2.63. The van der Waals surface area contributed by atoms with E-state index in [9.17, 15) is 57.4 Å². The topological polar surface area (TPSA) is 480 Å². The molecule has 5 unspecified atom stereocenters. The highest BCUT2D eigenvalue weighted by Gasteiger charge is 2.52. The Morgan fingerprint density at radius 3 is 1.98 bits per heavy atom. The molecule has 2 saturated heterocycles. The number of aliphatic hydroxyl groups excluding tert-OH is 2. The van der Waals surface area contributed by atoms with E-state index in [0.717, 1.165) is 30.7 Å². The first-order valence-corrected chi connectivity index (χ1v) is 24.4. The molecule has 4 aromatic heterocycles. The lowest BCUT2D eigenvalue weighted by Crippen LogP contribution is -2.38. The van der Waals surface area contributed by atoms with Crippen molar-refractivity contribution in [3.63, 3.8) is 0 Å². The summed E-state index contributed by atoms with van der Waals surface area (Å²) in [5.74, 6) is -0.370. The number of fused-ring (bicyclic) bond motifs is 2. The minimum Gasteiger partial charge on any atom is -0.387 e. The zero-order valence-corrected chi connectivity index (χ0v) is 34.5. The van der Waals surface area contributed by atoms with Crippen molar-refractivity contribution >= 4 is 72.8 Å². The van der Waals surface area contributed by atoms with Gasteiger partial charge in [-0.3, -0.25) is 41.6 Å². The number of phosphoric ester groups is 2. The summed E-state index contributed by atoms with van der Waals surface area (Å²) in [7, 11) is -26.1. The molecular weight excluding hydrogens is 923 g/mol. The third-order valence-corrected chi connectivity index (χ3v) is 15.6. The maximum absolute atomic E-state index is 13.5. The van der Waals surface area contributed by atoms with Crippen LogP contribution in [0.5, 0.6) is 0 Å². The van der Waals surface area contributed by atoms with Gasteiger partial charge in [0.2, 0.25) is 5.95 Å². The molecule has 0 bridgehead atoms. The van der Waals surface area contributed by atoms with Gasteiger partial charge in [-0.15, -0.1) is 0 Å². The maximum atomic E-state index is 13.5. The minimum atomic E-state index is -5.69. The molecule has 6 rings (SSSR count). The molecule has 0 amide bonds. The Bertz CT molecular complexity index is 2530. The number of hydrogen-bond acceptors (Lipinski definition) is 23. The molecule has 0 aliphatic carbocycles. The van der Waals surface area contributed by atoms with Gasteiger partial charge >= 0.3 is 38.7 Å². The van der Waals surface area contributed by atoms with Gasteiger partial charge in [0.1, 0.15) is 48.5 Å². The Balaban J connectivity index is 1.18.